The summed E-state index contributed by atoms with van der Waals surface area (Å²) in [5.74, 6) is 0.234. The Labute approximate surface area is 134 Å². The lowest BCUT2D eigenvalue weighted by molar-refractivity contribution is -0.130. The molecule has 2 rings (SSSR count). The lowest BCUT2D eigenvalue weighted by atomic mass is 10.2. The third-order valence-electron chi connectivity index (χ3n) is 3.67. The number of rotatable bonds is 6. The largest absolute Gasteiger partial charge is 0.395 e. The van der Waals surface area contributed by atoms with Crippen LogP contribution in [0.1, 0.15) is 6.42 Å². The number of benzene rings is 1. The van der Waals surface area contributed by atoms with Gasteiger partial charge in [-0.15, -0.1) is 0 Å². The Kier molecular flexibility index (Phi) is 5.33. The number of carbonyl (C=O) groups is 1. The van der Waals surface area contributed by atoms with Crippen LogP contribution in [0.4, 0.5) is 5.82 Å². The summed E-state index contributed by atoms with van der Waals surface area (Å²) in [5, 5.41) is 8.89. The van der Waals surface area contributed by atoms with Gasteiger partial charge < -0.3 is 19.5 Å². The number of hydrogen-bond donors (Lipinski definition) is 1. The molecule has 7 nitrogen and oxygen atoms in total. The molecule has 7 heteroatoms. The first kappa shape index (κ1) is 17.0. The summed E-state index contributed by atoms with van der Waals surface area (Å²) in [6, 6.07) is 7.38. The van der Waals surface area contributed by atoms with E-state index in [-0.39, 0.29) is 37.6 Å². The number of aromatic nitrogens is 2. The predicted molar refractivity (Wildman–Crippen MR) is 89.7 cm³/mol. The Hall–Kier alpha value is -2.41. The van der Waals surface area contributed by atoms with Crippen molar-refractivity contribution >= 4 is 22.8 Å². The van der Waals surface area contributed by atoms with Gasteiger partial charge in [0.1, 0.15) is 0 Å². The molecule has 0 aliphatic rings. The summed E-state index contributed by atoms with van der Waals surface area (Å²) in [7, 11) is 5.17. The van der Waals surface area contributed by atoms with E-state index in [2.05, 4.69) is 4.98 Å². The fraction of sp³-hybridized carbons (Fsp3) is 0.438. The molecule has 0 atom stereocenters. The predicted octanol–water partition coefficient (Wildman–Crippen LogP) is 0.303. The summed E-state index contributed by atoms with van der Waals surface area (Å²) < 4.78 is 1.59. The van der Waals surface area contributed by atoms with Gasteiger partial charge in [0.2, 0.25) is 5.91 Å². The van der Waals surface area contributed by atoms with E-state index in [0.29, 0.717) is 16.9 Å². The van der Waals surface area contributed by atoms with E-state index in [1.807, 2.05) is 24.3 Å². The number of aliphatic hydroxyl groups excluding tert-OH is 1. The first-order valence-electron chi connectivity index (χ1n) is 7.47. The molecule has 1 aromatic heterocycles. The summed E-state index contributed by atoms with van der Waals surface area (Å²) in [6.07, 6.45) is 0.192. The van der Waals surface area contributed by atoms with Crippen molar-refractivity contribution in [1.29, 1.82) is 0 Å². The maximum atomic E-state index is 12.6. The SMILES string of the molecule is CN(CCO)C(=O)CCn1c(=O)c(N(C)C)nc2ccccc21. The van der Waals surface area contributed by atoms with E-state index in [0.717, 1.165) is 0 Å². The number of likely N-dealkylation sites (N-methyl/N-ethyl adjacent to an activating group) is 1. The molecule has 23 heavy (non-hydrogen) atoms. The molecule has 0 saturated carbocycles. The van der Waals surface area contributed by atoms with Crippen molar-refractivity contribution in [3.05, 3.63) is 34.6 Å². The number of aryl methyl sites for hydroxylation is 1. The van der Waals surface area contributed by atoms with E-state index >= 15 is 0 Å². The van der Waals surface area contributed by atoms with Crippen LogP contribution in [0.3, 0.4) is 0 Å². The highest BCUT2D eigenvalue weighted by molar-refractivity contribution is 5.78. The highest BCUT2D eigenvalue weighted by Gasteiger charge is 2.14. The van der Waals surface area contributed by atoms with E-state index in [9.17, 15) is 9.59 Å². The maximum Gasteiger partial charge on any atom is 0.293 e. The van der Waals surface area contributed by atoms with Gasteiger partial charge in [-0.1, -0.05) is 12.1 Å². The summed E-state index contributed by atoms with van der Waals surface area (Å²) >= 11 is 0. The molecule has 0 bridgehead atoms. The van der Waals surface area contributed by atoms with Crippen LogP contribution in [0.15, 0.2) is 29.1 Å². The second-order valence-corrected chi connectivity index (χ2v) is 5.56. The van der Waals surface area contributed by atoms with Gasteiger partial charge in [0.25, 0.3) is 5.56 Å². The number of carbonyl (C=O) groups excluding carboxylic acids is 1. The van der Waals surface area contributed by atoms with Crippen molar-refractivity contribution in [2.45, 2.75) is 13.0 Å². The van der Waals surface area contributed by atoms with E-state index in [4.69, 9.17) is 5.11 Å². The van der Waals surface area contributed by atoms with Gasteiger partial charge in [-0.2, -0.15) is 0 Å². The van der Waals surface area contributed by atoms with E-state index in [1.165, 1.54) is 4.90 Å². The fourth-order valence-corrected chi connectivity index (χ4v) is 2.37. The Bertz CT molecular complexity index is 755. The standard InChI is InChI=1S/C16H22N4O3/c1-18(2)15-16(23)20(9-8-14(22)19(3)10-11-21)13-7-5-4-6-12(13)17-15/h4-7,21H,8-11H2,1-3H3. The van der Waals surface area contributed by atoms with Crippen molar-refractivity contribution in [3.63, 3.8) is 0 Å². The van der Waals surface area contributed by atoms with Crippen LogP contribution >= 0.6 is 0 Å². The van der Waals surface area contributed by atoms with Gasteiger partial charge in [0.15, 0.2) is 5.82 Å². The van der Waals surface area contributed by atoms with Crippen LogP contribution in [-0.2, 0) is 11.3 Å². The molecule has 0 spiro atoms. The number of anilines is 1. The minimum Gasteiger partial charge on any atom is -0.395 e. The molecule has 0 aliphatic heterocycles. The van der Waals surface area contributed by atoms with E-state index < -0.39 is 0 Å². The van der Waals surface area contributed by atoms with Crippen LogP contribution in [0.2, 0.25) is 0 Å². The molecule has 0 radical (unpaired) electrons. The van der Waals surface area contributed by atoms with Gasteiger partial charge >= 0.3 is 0 Å². The lowest BCUT2D eigenvalue weighted by Gasteiger charge is -2.18. The Morgan fingerprint density at radius 1 is 1.26 bits per heavy atom. The Balaban J connectivity index is 2.37. The highest BCUT2D eigenvalue weighted by atomic mass is 16.3. The van der Waals surface area contributed by atoms with Crippen molar-refractivity contribution in [1.82, 2.24) is 14.5 Å². The minimum atomic E-state index is -0.216. The number of nitrogens with zero attached hydrogens (tertiary/aromatic N) is 4. The molecular formula is C16H22N4O3. The molecule has 0 saturated heterocycles. The molecule has 2 aromatic rings. The number of hydrogen-bond acceptors (Lipinski definition) is 5. The monoisotopic (exact) mass is 318 g/mol. The fourth-order valence-electron chi connectivity index (χ4n) is 2.37. The Morgan fingerprint density at radius 3 is 2.61 bits per heavy atom. The number of fused-ring (bicyclic) bond motifs is 1. The number of amides is 1. The van der Waals surface area contributed by atoms with Gasteiger partial charge in [-0.25, -0.2) is 4.98 Å². The minimum absolute atomic E-state index is 0.0782. The van der Waals surface area contributed by atoms with Crippen LogP contribution in [0, 0.1) is 0 Å². The third-order valence-corrected chi connectivity index (χ3v) is 3.67. The molecule has 0 fully saturated rings. The average Bonchev–Trinajstić information content (AvgIpc) is 2.53. The zero-order valence-electron chi connectivity index (χ0n) is 13.7. The first-order chi connectivity index (χ1) is 11.0. The van der Waals surface area contributed by atoms with Gasteiger partial charge in [0, 0.05) is 40.7 Å². The number of para-hydroxylation sites is 2. The zero-order valence-corrected chi connectivity index (χ0v) is 13.7. The van der Waals surface area contributed by atoms with Gasteiger partial charge in [0.05, 0.1) is 17.6 Å². The highest BCUT2D eigenvalue weighted by Crippen LogP contribution is 2.13. The van der Waals surface area contributed by atoms with Gasteiger partial charge in [-0.05, 0) is 12.1 Å². The van der Waals surface area contributed by atoms with Crippen molar-refractivity contribution in [2.75, 3.05) is 39.2 Å². The third kappa shape index (κ3) is 3.68. The molecule has 1 amide bonds. The Morgan fingerprint density at radius 2 is 1.96 bits per heavy atom. The first-order valence-corrected chi connectivity index (χ1v) is 7.47. The molecule has 1 heterocycles. The van der Waals surface area contributed by atoms with E-state index in [1.54, 1.807) is 30.6 Å². The van der Waals surface area contributed by atoms with Crippen molar-refractivity contribution < 1.29 is 9.90 Å². The van der Waals surface area contributed by atoms with Crippen LogP contribution in [-0.4, -0.2) is 59.8 Å². The molecule has 1 aromatic carbocycles. The second-order valence-electron chi connectivity index (χ2n) is 5.56. The topological polar surface area (TPSA) is 78.7 Å². The molecule has 124 valence electrons. The summed E-state index contributed by atoms with van der Waals surface area (Å²) in [6.45, 7) is 0.482. The summed E-state index contributed by atoms with van der Waals surface area (Å²) in [4.78, 5) is 32.2. The second kappa shape index (κ2) is 7.23. The van der Waals surface area contributed by atoms with Crippen LogP contribution in [0.5, 0.6) is 0 Å². The summed E-state index contributed by atoms with van der Waals surface area (Å²) in [5.41, 5.74) is 1.21. The average molecular weight is 318 g/mol. The van der Waals surface area contributed by atoms with Crippen molar-refractivity contribution in [3.8, 4) is 0 Å². The van der Waals surface area contributed by atoms with Crippen LogP contribution < -0.4 is 10.5 Å². The normalized spacial score (nSPS) is 10.8. The maximum absolute atomic E-state index is 12.6. The van der Waals surface area contributed by atoms with Crippen molar-refractivity contribution in [2.24, 2.45) is 0 Å². The lowest BCUT2D eigenvalue weighted by Crippen LogP contribution is -2.33. The smallest absolute Gasteiger partial charge is 0.293 e. The molecular weight excluding hydrogens is 296 g/mol. The zero-order chi connectivity index (χ0) is 17.0. The van der Waals surface area contributed by atoms with Gasteiger partial charge in [-0.3, -0.25) is 9.59 Å². The van der Waals surface area contributed by atoms with Crippen LogP contribution in [0.25, 0.3) is 11.0 Å². The quantitative estimate of drug-likeness (QED) is 0.829. The molecule has 0 unspecified atom stereocenters. The molecule has 1 N–H and O–H groups in total. The number of aliphatic hydroxyl groups is 1. The molecule has 0 aliphatic carbocycles.